The predicted molar refractivity (Wildman–Crippen MR) is 87.2 cm³/mol. The van der Waals surface area contributed by atoms with Crippen LogP contribution < -0.4 is 10.5 Å². The number of aryl methyl sites for hydroxylation is 2. The SMILES string of the molecule is COc1cccc(CC(N)c2cc(C)c(Br)c(C)c2)c1. The zero-order chi connectivity index (χ0) is 14.7. The molecule has 0 heterocycles. The molecule has 0 fully saturated rings. The van der Waals surface area contributed by atoms with Crippen molar-refractivity contribution in [3.63, 3.8) is 0 Å². The van der Waals surface area contributed by atoms with Crippen LogP contribution in [0.25, 0.3) is 0 Å². The molecule has 0 aliphatic rings. The molecule has 0 amide bonds. The second-order valence-electron chi connectivity index (χ2n) is 5.13. The molecule has 0 aromatic heterocycles. The van der Waals surface area contributed by atoms with Crippen LogP contribution in [0.2, 0.25) is 0 Å². The van der Waals surface area contributed by atoms with Gasteiger partial charge in [0.25, 0.3) is 0 Å². The van der Waals surface area contributed by atoms with Gasteiger partial charge in [-0.1, -0.05) is 40.2 Å². The van der Waals surface area contributed by atoms with Gasteiger partial charge in [0.05, 0.1) is 7.11 Å². The first-order valence-electron chi connectivity index (χ1n) is 6.66. The summed E-state index contributed by atoms with van der Waals surface area (Å²) >= 11 is 3.59. The largest absolute Gasteiger partial charge is 0.497 e. The maximum Gasteiger partial charge on any atom is 0.119 e. The van der Waals surface area contributed by atoms with Crippen molar-refractivity contribution in [2.24, 2.45) is 5.73 Å². The van der Waals surface area contributed by atoms with Gasteiger partial charge < -0.3 is 10.5 Å². The van der Waals surface area contributed by atoms with E-state index in [-0.39, 0.29) is 6.04 Å². The summed E-state index contributed by atoms with van der Waals surface area (Å²) < 4.78 is 6.41. The lowest BCUT2D eigenvalue weighted by atomic mass is 9.96. The van der Waals surface area contributed by atoms with Crippen LogP contribution >= 0.6 is 15.9 Å². The van der Waals surface area contributed by atoms with Crippen molar-refractivity contribution in [1.82, 2.24) is 0 Å². The second-order valence-corrected chi connectivity index (χ2v) is 5.92. The molecule has 20 heavy (non-hydrogen) atoms. The van der Waals surface area contributed by atoms with Crippen molar-refractivity contribution >= 4 is 15.9 Å². The highest BCUT2D eigenvalue weighted by Crippen LogP contribution is 2.26. The summed E-state index contributed by atoms with van der Waals surface area (Å²) in [5.74, 6) is 0.873. The highest BCUT2D eigenvalue weighted by atomic mass is 79.9. The van der Waals surface area contributed by atoms with E-state index < -0.39 is 0 Å². The first kappa shape index (κ1) is 15.1. The van der Waals surface area contributed by atoms with Crippen LogP contribution in [0.5, 0.6) is 5.75 Å². The van der Waals surface area contributed by atoms with E-state index in [2.05, 4.69) is 48.0 Å². The normalized spacial score (nSPS) is 12.2. The van der Waals surface area contributed by atoms with Crippen molar-refractivity contribution in [3.8, 4) is 5.75 Å². The lowest BCUT2D eigenvalue weighted by molar-refractivity contribution is 0.414. The molecule has 0 aliphatic heterocycles. The van der Waals surface area contributed by atoms with Crippen LogP contribution in [0, 0.1) is 13.8 Å². The van der Waals surface area contributed by atoms with Crippen LogP contribution in [0.1, 0.15) is 28.3 Å². The Morgan fingerprint density at radius 1 is 1.15 bits per heavy atom. The standard InChI is InChI=1S/C17H20BrNO/c1-11-7-14(8-12(2)17(11)18)16(19)10-13-5-4-6-15(9-13)20-3/h4-9,16H,10,19H2,1-3H3. The van der Waals surface area contributed by atoms with E-state index in [1.807, 2.05) is 18.2 Å². The van der Waals surface area contributed by atoms with Crippen LogP contribution in [0.15, 0.2) is 40.9 Å². The first-order valence-corrected chi connectivity index (χ1v) is 7.45. The van der Waals surface area contributed by atoms with Crippen molar-refractivity contribution in [1.29, 1.82) is 0 Å². The van der Waals surface area contributed by atoms with E-state index in [0.29, 0.717) is 0 Å². The molecule has 2 aromatic rings. The Morgan fingerprint density at radius 3 is 2.40 bits per heavy atom. The number of nitrogens with two attached hydrogens (primary N) is 1. The van der Waals surface area contributed by atoms with Gasteiger partial charge in [0, 0.05) is 10.5 Å². The number of methoxy groups -OCH3 is 1. The zero-order valence-electron chi connectivity index (χ0n) is 12.1. The number of rotatable bonds is 4. The number of hydrogen-bond donors (Lipinski definition) is 1. The molecule has 2 aromatic carbocycles. The second kappa shape index (κ2) is 6.42. The summed E-state index contributed by atoms with van der Waals surface area (Å²) in [6.45, 7) is 4.19. The minimum atomic E-state index is -0.00685. The number of hydrogen-bond acceptors (Lipinski definition) is 2. The Kier molecular flexibility index (Phi) is 4.84. The van der Waals surface area contributed by atoms with Crippen LogP contribution in [-0.4, -0.2) is 7.11 Å². The summed E-state index contributed by atoms with van der Waals surface area (Å²) in [7, 11) is 1.68. The third kappa shape index (κ3) is 3.41. The van der Waals surface area contributed by atoms with Gasteiger partial charge in [-0.3, -0.25) is 0 Å². The Bertz CT molecular complexity index is 587. The molecule has 0 saturated heterocycles. The van der Waals surface area contributed by atoms with Crippen molar-refractivity contribution in [2.75, 3.05) is 7.11 Å². The first-order chi connectivity index (χ1) is 9.51. The van der Waals surface area contributed by atoms with E-state index in [4.69, 9.17) is 10.5 Å². The lowest BCUT2D eigenvalue weighted by Gasteiger charge is -2.15. The summed E-state index contributed by atoms with van der Waals surface area (Å²) in [6.07, 6.45) is 0.803. The molecule has 0 radical (unpaired) electrons. The Balaban J connectivity index is 2.21. The molecule has 0 spiro atoms. The van der Waals surface area contributed by atoms with E-state index >= 15 is 0 Å². The van der Waals surface area contributed by atoms with Gasteiger partial charge in [-0.05, 0) is 54.7 Å². The third-order valence-electron chi connectivity index (χ3n) is 3.48. The van der Waals surface area contributed by atoms with Crippen molar-refractivity contribution in [2.45, 2.75) is 26.3 Å². The summed E-state index contributed by atoms with van der Waals surface area (Å²) in [5, 5.41) is 0. The average molecular weight is 334 g/mol. The number of ether oxygens (including phenoxy) is 1. The molecule has 3 heteroatoms. The monoisotopic (exact) mass is 333 g/mol. The Labute approximate surface area is 129 Å². The highest BCUT2D eigenvalue weighted by molar-refractivity contribution is 9.10. The fourth-order valence-electron chi connectivity index (χ4n) is 2.36. The fraction of sp³-hybridized carbons (Fsp3) is 0.294. The zero-order valence-corrected chi connectivity index (χ0v) is 13.7. The third-order valence-corrected chi connectivity index (χ3v) is 4.73. The molecule has 1 unspecified atom stereocenters. The average Bonchev–Trinajstić information content (AvgIpc) is 2.44. The lowest BCUT2D eigenvalue weighted by Crippen LogP contribution is -2.14. The molecule has 106 valence electrons. The van der Waals surface area contributed by atoms with Gasteiger partial charge in [-0.2, -0.15) is 0 Å². The number of halogens is 1. The van der Waals surface area contributed by atoms with Gasteiger partial charge in [0.2, 0.25) is 0 Å². The minimum absolute atomic E-state index is 0.00685. The molecule has 2 nitrogen and oxygen atoms in total. The number of benzene rings is 2. The van der Waals surface area contributed by atoms with Gasteiger partial charge in [0.15, 0.2) is 0 Å². The van der Waals surface area contributed by atoms with Crippen LogP contribution in [0.4, 0.5) is 0 Å². The molecule has 0 bridgehead atoms. The van der Waals surface area contributed by atoms with Gasteiger partial charge in [-0.15, -0.1) is 0 Å². The quantitative estimate of drug-likeness (QED) is 0.904. The molecule has 1 atom stereocenters. The summed E-state index contributed by atoms with van der Waals surface area (Å²) in [5.41, 5.74) is 11.2. The molecule has 0 aliphatic carbocycles. The summed E-state index contributed by atoms with van der Waals surface area (Å²) in [6, 6.07) is 12.4. The van der Waals surface area contributed by atoms with E-state index in [1.165, 1.54) is 22.3 Å². The summed E-state index contributed by atoms with van der Waals surface area (Å²) in [4.78, 5) is 0. The van der Waals surface area contributed by atoms with Crippen LogP contribution in [0.3, 0.4) is 0 Å². The van der Waals surface area contributed by atoms with Gasteiger partial charge >= 0.3 is 0 Å². The Hall–Kier alpha value is -1.32. The fourth-order valence-corrected chi connectivity index (χ4v) is 2.59. The highest BCUT2D eigenvalue weighted by Gasteiger charge is 2.11. The van der Waals surface area contributed by atoms with Crippen molar-refractivity contribution < 1.29 is 4.74 Å². The van der Waals surface area contributed by atoms with E-state index in [1.54, 1.807) is 7.11 Å². The molecule has 0 saturated carbocycles. The molecule has 2 N–H and O–H groups in total. The van der Waals surface area contributed by atoms with Gasteiger partial charge in [-0.25, -0.2) is 0 Å². The van der Waals surface area contributed by atoms with E-state index in [0.717, 1.165) is 16.6 Å². The maximum atomic E-state index is 6.35. The van der Waals surface area contributed by atoms with Gasteiger partial charge in [0.1, 0.15) is 5.75 Å². The van der Waals surface area contributed by atoms with E-state index in [9.17, 15) is 0 Å². The molecular weight excluding hydrogens is 314 g/mol. The van der Waals surface area contributed by atoms with Crippen molar-refractivity contribution in [3.05, 3.63) is 63.1 Å². The predicted octanol–water partition coefficient (Wildman–Crippen LogP) is 4.32. The van der Waals surface area contributed by atoms with Crippen LogP contribution in [-0.2, 0) is 6.42 Å². The Morgan fingerprint density at radius 2 is 1.80 bits per heavy atom. The smallest absolute Gasteiger partial charge is 0.119 e. The topological polar surface area (TPSA) is 35.2 Å². The minimum Gasteiger partial charge on any atom is -0.497 e. The molecular formula is C17H20BrNO. The molecule has 2 rings (SSSR count). The maximum absolute atomic E-state index is 6.35.